The first-order valence-corrected chi connectivity index (χ1v) is 5.46. The van der Waals surface area contributed by atoms with Crippen LogP contribution in [0.25, 0.3) is 0 Å². The number of carbonyl (C=O) groups excluding carboxylic acids is 1. The van der Waals surface area contributed by atoms with Crippen molar-refractivity contribution in [1.82, 2.24) is 0 Å². The number of rotatable bonds is 2. The largest absolute Gasteiger partial charge is 0.479 e. The molecule has 0 aliphatic carbocycles. The van der Waals surface area contributed by atoms with E-state index in [1.165, 1.54) is 0 Å². The molecule has 18 heavy (non-hydrogen) atoms. The first-order chi connectivity index (χ1) is 8.52. The number of fused-ring (bicyclic) bond motifs is 5. The van der Waals surface area contributed by atoms with Crippen molar-refractivity contribution in [2.45, 2.75) is 26.1 Å². The summed E-state index contributed by atoms with van der Waals surface area (Å²) in [5, 5.41) is 18.8. The van der Waals surface area contributed by atoms with E-state index in [0.717, 1.165) is 11.3 Å². The topological polar surface area (TPSA) is 95.9 Å². The van der Waals surface area contributed by atoms with Gasteiger partial charge in [-0.2, -0.15) is 0 Å². The van der Waals surface area contributed by atoms with Gasteiger partial charge in [0.25, 0.3) is 0 Å². The van der Waals surface area contributed by atoms with Crippen molar-refractivity contribution in [1.29, 1.82) is 0 Å². The number of aliphatic hydroxyl groups excluding tert-OH is 1. The molecule has 0 aromatic heterocycles. The molecule has 0 spiro atoms. The van der Waals surface area contributed by atoms with Crippen molar-refractivity contribution in [3.8, 4) is 0 Å². The highest BCUT2D eigenvalue weighted by molar-refractivity contribution is 5.85. The van der Waals surface area contributed by atoms with Gasteiger partial charge in [0.15, 0.2) is 6.10 Å². The number of carboxylic acid groups (broad SMARTS) is 1. The van der Waals surface area contributed by atoms with Gasteiger partial charge in [0.1, 0.15) is 6.61 Å². The third-order valence-electron chi connectivity index (χ3n) is 2.24. The summed E-state index contributed by atoms with van der Waals surface area (Å²) in [6.45, 7) is 1.96. The fraction of sp³-hybridized carbons (Fsp3) is 0.333. The van der Waals surface area contributed by atoms with E-state index in [-0.39, 0.29) is 12.5 Å². The van der Waals surface area contributed by atoms with E-state index < -0.39 is 12.1 Å². The zero-order chi connectivity index (χ0) is 13.5. The van der Waals surface area contributed by atoms with Crippen LogP contribution in [-0.4, -0.2) is 28.4 Å². The van der Waals surface area contributed by atoms with Crippen LogP contribution in [0.3, 0.4) is 0 Å². The minimum absolute atomic E-state index is 0.273. The van der Waals surface area contributed by atoms with Gasteiger partial charge in [-0.15, -0.1) is 0 Å². The second kappa shape index (κ2) is 6.61. The smallest absolute Gasteiger partial charge is 0.411 e. The maximum Gasteiger partial charge on any atom is 0.411 e. The molecule has 1 unspecified atom stereocenters. The van der Waals surface area contributed by atoms with Gasteiger partial charge in [-0.1, -0.05) is 19.1 Å². The summed E-state index contributed by atoms with van der Waals surface area (Å²) in [7, 11) is 0. The summed E-state index contributed by atoms with van der Waals surface area (Å²) >= 11 is 0. The van der Waals surface area contributed by atoms with E-state index in [0.29, 0.717) is 6.61 Å². The fourth-order valence-electron chi connectivity index (χ4n) is 1.16. The molecule has 2 aliphatic rings. The molecule has 98 valence electrons. The number of carboxylic acids is 1. The average Bonchev–Trinajstić information content (AvgIpc) is 2.34. The summed E-state index contributed by atoms with van der Waals surface area (Å²) in [4.78, 5) is 20.5. The van der Waals surface area contributed by atoms with Crippen LogP contribution in [0.1, 0.15) is 18.9 Å². The molecule has 1 atom stereocenters. The van der Waals surface area contributed by atoms with Crippen LogP contribution in [0.5, 0.6) is 0 Å². The minimum atomic E-state index is -1.18. The number of anilines is 1. The predicted octanol–water partition coefficient (Wildman–Crippen LogP) is 1.59. The lowest BCUT2D eigenvalue weighted by atomic mass is 10.2. The normalized spacial score (nSPS) is 14.2. The van der Waals surface area contributed by atoms with E-state index in [1.807, 2.05) is 24.3 Å². The number of aliphatic hydroxyl groups is 1. The highest BCUT2D eigenvalue weighted by Crippen LogP contribution is 2.13. The van der Waals surface area contributed by atoms with Crippen LogP contribution in [0.15, 0.2) is 24.3 Å². The Bertz CT molecular complexity index is 415. The monoisotopic (exact) mass is 253 g/mol. The van der Waals surface area contributed by atoms with Crippen LogP contribution in [-0.2, 0) is 16.1 Å². The quantitative estimate of drug-likeness (QED) is 0.743. The van der Waals surface area contributed by atoms with Crippen molar-refractivity contribution in [2.24, 2.45) is 0 Å². The number of benzene rings is 1. The number of carbonyl (C=O) groups is 2. The van der Waals surface area contributed by atoms with Gasteiger partial charge in [0.05, 0.1) is 0 Å². The Kier molecular flexibility index (Phi) is 5.13. The maximum atomic E-state index is 10.8. The second-order valence-corrected chi connectivity index (χ2v) is 3.66. The molecule has 1 amide bonds. The van der Waals surface area contributed by atoms with E-state index in [4.69, 9.17) is 14.9 Å². The molecule has 0 radical (unpaired) electrons. The van der Waals surface area contributed by atoms with Crippen molar-refractivity contribution in [2.75, 3.05) is 5.32 Å². The fourth-order valence-corrected chi connectivity index (χ4v) is 1.16. The lowest BCUT2D eigenvalue weighted by Gasteiger charge is -2.11. The number of ether oxygens (including phenoxy) is 1. The van der Waals surface area contributed by atoms with Gasteiger partial charge in [0, 0.05) is 5.69 Å². The Labute approximate surface area is 104 Å². The first-order valence-electron chi connectivity index (χ1n) is 5.46. The highest BCUT2D eigenvalue weighted by atomic mass is 16.5. The molecule has 0 saturated heterocycles. The van der Waals surface area contributed by atoms with Crippen molar-refractivity contribution >= 4 is 17.7 Å². The molecule has 0 fully saturated rings. The number of hydrogen-bond donors (Lipinski definition) is 3. The van der Waals surface area contributed by atoms with Crippen LogP contribution in [0.4, 0.5) is 10.5 Å². The summed E-state index contributed by atoms with van der Waals surface area (Å²) in [5.74, 6) is -1.15. The van der Waals surface area contributed by atoms with Crippen LogP contribution in [0.2, 0.25) is 0 Å². The van der Waals surface area contributed by atoms with Gasteiger partial charge in [-0.25, -0.2) is 9.59 Å². The van der Waals surface area contributed by atoms with E-state index in [1.54, 1.807) is 6.92 Å². The number of hydrogen-bond acceptors (Lipinski definition) is 4. The zero-order valence-electron chi connectivity index (χ0n) is 9.92. The summed E-state index contributed by atoms with van der Waals surface area (Å²) in [6.07, 6.45) is -1.29. The molecule has 6 nitrogen and oxygen atoms in total. The molecular formula is C12H15NO5. The van der Waals surface area contributed by atoms with Crippen molar-refractivity contribution in [3.63, 3.8) is 0 Å². The molecule has 0 saturated carbocycles. The predicted molar refractivity (Wildman–Crippen MR) is 64.2 cm³/mol. The molecular weight excluding hydrogens is 238 g/mol. The number of aliphatic carboxylic acids is 1. The van der Waals surface area contributed by atoms with Gasteiger partial charge >= 0.3 is 12.1 Å². The Hall–Kier alpha value is -2.08. The SMILES string of the molecule is CCC(O)C(=O)O.O=C1Nc2ccc(cc2)CO1. The van der Waals surface area contributed by atoms with Gasteiger partial charge in [-0.3, -0.25) is 5.32 Å². The molecule has 2 aliphatic heterocycles. The molecule has 2 heterocycles. The molecule has 3 rings (SSSR count). The Morgan fingerprint density at radius 2 is 2.06 bits per heavy atom. The van der Waals surface area contributed by atoms with E-state index >= 15 is 0 Å². The van der Waals surface area contributed by atoms with E-state index in [9.17, 15) is 9.59 Å². The van der Waals surface area contributed by atoms with E-state index in [2.05, 4.69) is 5.32 Å². The highest BCUT2D eigenvalue weighted by Gasteiger charge is 2.08. The number of nitrogens with one attached hydrogen (secondary N) is 1. The molecule has 1 aromatic rings. The Morgan fingerprint density at radius 1 is 1.44 bits per heavy atom. The molecule has 3 N–H and O–H groups in total. The van der Waals surface area contributed by atoms with Gasteiger partial charge < -0.3 is 14.9 Å². The van der Waals surface area contributed by atoms with Crippen molar-refractivity contribution < 1.29 is 24.5 Å². The van der Waals surface area contributed by atoms with Crippen molar-refractivity contribution in [3.05, 3.63) is 29.8 Å². The van der Waals surface area contributed by atoms with Gasteiger partial charge in [-0.05, 0) is 24.1 Å². The first kappa shape index (κ1) is 14.0. The lowest BCUT2D eigenvalue weighted by molar-refractivity contribution is -0.146. The standard InChI is InChI=1S/C8H7NO2.C4H8O3/c10-8-9-7-3-1-6(2-4-7)5-11-8;1-2-3(5)4(6)7/h1-4H,5H2,(H,9,10);3,5H,2H2,1H3,(H,6,7). The minimum Gasteiger partial charge on any atom is -0.479 e. The third kappa shape index (κ3) is 4.42. The summed E-state index contributed by atoms with van der Waals surface area (Å²) in [5.41, 5.74) is 1.79. The Balaban J connectivity index is 0.000000203. The zero-order valence-corrected chi connectivity index (χ0v) is 9.92. The Morgan fingerprint density at radius 3 is 2.50 bits per heavy atom. The third-order valence-corrected chi connectivity index (χ3v) is 2.24. The van der Waals surface area contributed by atoms with Crippen LogP contribution in [0, 0.1) is 0 Å². The summed E-state index contributed by atoms with van der Waals surface area (Å²) in [6, 6.07) is 7.56. The lowest BCUT2D eigenvalue weighted by Crippen LogP contribution is -2.17. The second-order valence-electron chi connectivity index (χ2n) is 3.66. The van der Waals surface area contributed by atoms with Crippen LogP contribution >= 0.6 is 0 Å². The average molecular weight is 253 g/mol. The molecule has 6 heteroatoms. The summed E-state index contributed by atoms with van der Waals surface area (Å²) < 4.78 is 4.81. The number of amides is 1. The van der Waals surface area contributed by atoms with Crippen LogP contribution < -0.4 is 5.32 Å². The molecule has 1 aromatic carbocycles. The molecule has 2 bridgehead atoms. The van der Waals surface area contributed by atoms with Gasteiger partial charge in [0.2, 0.25) is 0 Å². The maximum absolute atomic E-state index is 10.8.